The van der Waals surface area contributed by atoms with Crippen LogP contribution in [-0.2, 0) is 0 Å². The topological polar surface area (TPSA) is 43.1 Å². The van der Waals surface area contributed by atoms with E-state index in [2.05, 4.69) is 37.8 Å². The zero-order chi connectivity index (χ0) is 8.72. The van der Waals surface area contributed by atoms with Crippen LogP contribution in [-0.4, -0.2) is 19.6 Å². The van der Waals surface area contributed by atoms with Gasteiger partial charge in [0.2, 0.25) is 0 Å². The van der Waals surface area contributed by atoms with Crippen LogP contribution in [0.2, 0.25) is 0 Å². The van der Waals surface area contributed by atoms with Gasteiger partial charge in [-0.05, 0) is 13.8 Å². The van der Waals surface area contributed by atoms with Gasteiger partial charge in [-0.3, -0.25) is 9.38 Å². The second-order valence-electron chi connectivity index (χ2n) is 2.63. The van der Waals surface area contributed by atoms with Crippen molar-refractivity contribution in [3.05, 3.63) is 21.4 Å². The fourth-order valence-corrected chi connectivity index (χ4v) is 1.64. The molecule has 2 aromatic rings. The van der Waals surface area contributed by atoms with E-state index in [1.54, 1.807) is 0 Å². The zero-order valence-corrected chi connectivity index (χ0v) is 8.90. The number of nitrogens with zero attached hydrogens (tertiary/aromatic N) is 4. The Hall–Kier alpha value is -0.720. The van der Waals surface area contributed by atoms with Crippen LogP contribution in [0.25, 0.3) is 5.65 Å². The van der Waals surface area contributed by atoms with Gasteiger partial charge in [-0.25, -0.2) is 0 Å². The Labute approximate surface area is 83.2 Å². The first-order valence-corrected chi connectivity index (χ1v) is 4.61. The van der Waals surface area contributed by atoms with E-state index in [-0.39, 0.29) is 0 Å². The van der Waals surface area contributed by atoms with Gasteiger partial charge in [0.15, 0.2) is 9.48 Å². The van der Waals surface area contributed by atoms with E-state index in [1.807, 2.05) is 24.4 Å². The van der Waals surface area contributed by atoms with Crippen LogP contribution < -0.4 is 0 Å². The number of aromatic nitrogens is 4. The number of halogens is 1. The molecule has 0 aliphatic rings. The van der Waals surface area contributed by atoms with Crippen LogP contribution in [0.15, 0.2) is 6.20 Å². The minimum atomic E-state index is 0.838. The molecule has 0 aliphatic heterocycles. The SMILES string of the molecule is Cc1cn2c(I)nnc2c(C)n1. The van der Waals surface area contributed by atoms with Crippen LogP contribution in [0.1, 0.15) is 11.4 Å². The first-order chi connectivity index (χ1) is 5.68. The van der Waals surface area contributed by atoms with Crippen molar-refractivity contribution in [2.75, 3.05) is 0 Å². The molecule has 2 heterocycles. The average Bonchev–Trinajstić information content (AvgIpc) is 2.33. The van der Waals surface area contributed by atoms with Gasteiger partial charge in [0, 0.05) is 28.8 Å². The molecule has 0 saturated heterocycles. The van der Waals surface area contributed by atoms with E-state index in [4.69, 9.17) is 0 Å². The van der Waals surface area contributed by atoms with Crippen molar-refractivity contribution in [3.8, 4) is 0 Å². The van der Waals surface area contributed by atoms with E-state index < -0.39 is 0 Å². The molecule has 0 unspecified atom stereocenters. The van der Waals surface area contributed by atoms with E-state index in [1.165, 1.54) is 0 Å². The first kappa shape index (κ1) is 7.90. The molecule has 0 aliphatic carbocycles. The Balaban J connectivity index is 2.92. The summed E-state index contributed by atoms with van der Waals surface area (Å²) in [5.74, 6) is 0. The van der Waals surface area contributed by atoms with Crippen LogP contribution in [0.3, 0.4) is 0 Å². The number of hydrogen-bond donors (Lipinski definition) is 0. The lowest BCUT2D eigenvalue weighted by Crippen LogP contribution is -1.95. The van der Waals surface area contributed by atoms with E-state index >= 15 is 0 Å². The molecular weight excluding hydrogens is 267 g/mol. The summed E-state index contributed by atoms with van der Waals surface area (Å²) < 4.78 is 2.81. The van der Waals surface area contributed by atoms with Crippen molar-refractivity contribution in [2.45, 2.75) is 13.8 Å². The molecule has 62 valence electrons. The highest BCUT2D eigenvalue weighted by molar-refractivity contribution is 14.1. The smallest absolute Gasteiger partial charge is 0.198 e. The Morgan fingerprint density at radius 3 is 2.83 bits per heavy atom. The maximum atomic E-state index is 4.29. The lowest BCUT2D eigenvalue weighted by molar-refractivity contribution is 1.01. The molecule has 12 heavy (non-hydrogen) atoms. The van der Waals surface area contributed by atoms with Crippen molar-refractivity contribution in [3.63, 3.8) is 0 Å². The molecule has 0 radical (unpaired) electrons. The normalized spacial score (nSPS) is 10.9. The Bertz CT molecular complexity index is 434. The summed E-state index contributed by atoms with van der Waals surface area (Å²) in [6.07, 6.45) is 1.93. The standard InChI is InChI=1S/C7H7IN4/c1-4-3-12-6(5(2)9-4)10-11-7(12)8/h3H,1-2H3. The third kappa shape index (κ3) is 1.08. The van der Waals surface area contributed by atoms with E-state index in [0.717, 1.165) is 20.9 Å². The van der Waals surface area contributed by atoms with Crippen molar-refractivity contribution >= 4 is 28.2 Å². The largest absolute Gasteiger partial charge is 0.275 e. The van der Waals surface area contributed by atoms with Gasteiger partial charge < -0.3 is 0 Å². The monoisotopic (exact) mass is 274 g/mol. The quantitative estimate of drug-likeness (QED) is 0.681. The van der Waals surface area contributed by atoms with Crippen molar-refractivity contribution in [1.82, 2.24) is 19.6 Å². The zero-order valence-electron chi connectivity index (χ0n) is 6.74. The van der Waals surface area contributed by atoms with Gasteiger partial charge in [-0.15, -0.1) is 10.2 Å². The van der Waals surface area contributed by atoms with Gasteiger partial charge in [0.05, 0.1) is 11.4 Å². The maximum absolute atomic E-state index is 4.29. The Morgan fingerprint density at radius 1 is 1.33 bits per heavy atom. The van der Waals surface area contributed by atoms with Gasteiger partial charge >= 0.3 is 0 Å². The van der Waals surface area contributed by atoms with Gasteiger partial charge in [-0.1, -0.05) is 0 Å². The second-order valence-corrected chi connectivity index (χ2v) is 3.60. The minimum Gasteiger partial charge on any atom is -0.275 e. The predicted molar refractivity (Wildman–Crippen MR) is 53.0 cm³/mol. The molecule has 5 heteroatoms. The fraction of sp³-hybridized carbons (Fsp3) is 0.286. The van der Waals surface area contributed by atoms with Crippen molar-refractivity contribution in [2.24, 2.45) is 0 Å². The van der Waals surface area contributed by atoms with E-state index in [9.17, 15) is 0 Å². The molecule has 0 aromatic carbocycles. The van der Waals surface area contributed by atoms with Crippen molar-refractivity contribution < 1.29 is 0 Å². The highest BCUT2D eigenvalue weighted by Gasteiger charge is 2.05. The summed E-state index contributed by atoms with van der Waals surface area (Å²) in [6, 6.07) is 0. The summed E-state index contributed by atoms with van der Waals surface area (Å²) in [6.45, 7) is 3.90. The minimum absolute atomic E-state index is 0.838. The number of hydrogen-bond acceptors (Lipinski definition) is 3. The molecular formula is C7H7IN4. The molecule has 0 bridgehead atoms. The van der Waals surface area contributed by atoms with Gasteiger partial charge in [0.25, 0.3) is 0 Å². The summed E-state index contributed by atoms with van der Waals surface area (Å²) in [4.78, 5) is 4.29. The molecule has 0 fully saturated rings. The van der Waals surface area contributed by atoms with Gasteiger partial charge in [-0.2, -0.15) is 0 Å². The summed E-state index contributed by atoms with van der Waals surface area (Å²) in [5.41, 5.74) is 2.74. The van der Waals surface area contributed by atoms with Crippen LogP contribution in [0.5, 0.6) is 0 Å². The molecule has 0 spiro atoms. The number of fused-ring (bicyclic) bond motifs is 1. The molecule has 0 amide bonds. The predicted octanol–water partition coefficient (Wildman–Crippen LogP) is 1.35. The maximum Gasteiger partial charge on any atom is 0.198 e. The highest BCUT2D eigenvalue weighted by atomic mass is 127. The summed E-state index contributed by atoms with van der Waals surface area (Å²) >= 11 is 2.15. The first-order valence-electron chi connectivity index (χ1n) is 3.53. The molecule has 0 saturated carbocycles. The van der Waals surface area contributed by atoms with Crippen LogP contribution in [0, 0.1) is 17.7 Å². The second kappa shape index (κ2) is 2.65. The third-order valence-electron chi connectivity index (χ3n) is 1.64. The number of aryl methyl sites for hydroxylation is 2. The lowest BCUT2D eigenvalue weighted by atomic mass is 10.4. The third-order valence-corrected chi connectivity index (χ3v) is 2.37. The molecule has 0 N–H and O–H groups in total. The Kier molecular flexibility index (Phi) is 1.75. The number of rotatable bonds is 0. The van der Waals surface area contributed by atoms with Gasteiger partial charge in [0.1, 0.15) is 0 Å². The summed E-state index contributed by atoms with van der Waals surface area (Å²) in [7, 11) is 0. The lowest BCUT2D eigenvalue weighted by Gasteiger charge is -1.98. The van der Waals surface area contributed by atoms with Crippen LogP contribution in [0.4, 0.5) is 0 Å². The molecule has 4 nitrogen and oxygen atoms in total. The Morgan fingerprint density at radius 2 is 2.08 bits per heavy atom. The van der Waals surface area contributed by atoms with Crippen molar-refractivity contribution in [1.29, 1.82) is 0 Å². The molecule has 2 aromatic heterocycles. The molecule has 2 rings (SSSR count). The summed E-state index contributed by atoms with van der Waals surface area (Å²) in [5, 5.41) is 7.96. The molecule has 0 atom stereocenters. The average molecular weight is 274 g/mol. The fourth-order valence-electron chi connectivity index (χ4n) is 1.16. The highest BCUT2D eigenvalue weighted by Crippen LogP contribution is 2.09. The van der Waals surface area contributed by atoms with E-state index in [0.29, 0.717) is 0 Å². The van der Waals surface area contributed by atoms with Crippen LogP contribution >= 0.6 is 22.6 Å².